The van der Waals surface area contributed by atoms with Gasteiger partial charge in [0.2, 0.25) is 0 Å². The molecule has 5 heteroatoms. The van der Waals surface area contributed by atoms with Crippen LogP contribution < -0.4 is 0 Å². The Morgan fingerprint density at radius 2 is 1.80 bits per heavy atom. The van der Waals surface area contributed by atoms with Crippen molar-refractivity contribution in [3.8, 4) is 0 Å². The molecule has 1 amide bonds. The van der Waals surface area contributed by atoms with Gasteiger partial charge in [0.15, 0.2) is 0 Å². The summed E-state index contributed by atoms with van der Waals surface area (Å²) in [5.74, 6) is -0.313. The van der Waals surface area contributed by atoms with Crippen LogP contribution in [0.15, 0.2) is 48.5 Å². The van der Waals surface area contributed by atoms with E-state index in [-0.39, 0.29) is 11.7 Å². The molecule has 30 heavy (non-hydrogen) atoms. The molecule has 1 aliphatic carbocycles. The van der Waals surface area contributed by atoms with Crippen molar-refractivity contribution in [3.63, 3.8) is 0 Å². The molecule has 0 N–H and O–H groups in total. The number of amides is 1. The second-order valence-electron chi connectivity index (χ2n) is 8.47. The van der Waals surface area contributed by atoms with E-state index in [9.17, 15) is 9.18 Å². The third kappa shape index (κ3) is 3.58. The molecule has 1 fully saturated rings. The van der Waals surface area contributed by atoms with Crippen LogP contribution in [0.3, 0.4) is 0 Å². The smallest absolute Gasteiger partial charge is 0.254 e. The SMILES string of the molecule is Cc1cc(C(=O)N2CCN(C3CCc4ccccc4C3)CC2)c2ccc(F)cc2n1. The van der Waals surface area contributed by atoms with Crippen molar-refractivity contribution in [3.05, 3.63) is 76.7 Å². The summed E-state index contributed by atoms with van der Waals surface area (Å²) >= 11 is 0. The van der Waals surface area contributed by atoms with Gasteiger partial charge in [0.1, 0.15) is 5.82 Å². The molecule has 2 heterocycles. The van der Waals surface area contributed by atoms with Gasteiger partial charge in [-0.25, -0.2) is 4.39 Å². The zero-order valence-corrected chi connectivity index (χ0v) is 17.3. The zero-order valence-electron chi connectivity index (χ0n) is 17.3. The predicted octanol–water partition coefficient (Wildman–Crippen LogP) is 4.00. The zero-order chi connectivity index (χ0) is 20.7. The predicted molar refractivity (Wildman–Crippen MR) is 116 cm³/mol. The number of carbonyl (C=O) groups excluding carboxylic acids is 1. The fourth-order valence-electron chi connectivity index (χ4n) is 4.96. The van der Waals surface area contributed by atoms with Crippen molar-refractivity contribution >= 4 is 16.8 Å². The van der Waals surface area contributed by atoms with Crippen molar-refractivity contribution in [1.29, 1.82) is 0 Å². The number of aromatic nitrogens is 1. The topological polar surface area (TPSA) is 36.4 Å². The van der Waals surface area contributed by atoms with Gasteiger partial charge < -0.3 is 4.90 Å². The standard InChI is InChI=1S/C25H26FN3O/c1-17-14-23(22-9-7-20(26)16-24(22)27-17)25(30)29-12-10-28(11-13-29)21-8-6-18-4-2-3-5-19(18)15-21/h2-5,7,9,14,16,21H,6,8,10-13,15H2,1H3. The van der Waals surface area contributed by atoms with Crippen LogP contribution in [0.4, 0.5) is 4.39 Å². The molecule has 3 aromatic rings. The Hall–Kier alpha value is -2.79. The summed E-state index contributed by atoms with van der Waals surface area (Å²) < 4.78 is 13.6. The number of aryl methyl sites for hydroxylation is 2. The highest BCUT2D eigenvalue weighted by atomic mass is 19.1. The lowest BCUT2D eigenvalue weighted by Crippen LogP contribution is -2.53. The average molecular weight is 404 g/mol. The maximum atomic E-state index is 13.6. The number of rotatable bonds is 2. The van der Waals surface area contributed by atoms with Crippen molar-refractivity contribution < 1.29 is 9.18 Å². The van der Waals surface area contributed by atoms with Crippen LogP contribution in [-0.2, 0) is 12.8 Å². The Morgan fingerprint density at radius 3 is 2.60 bits per heavy atom. The minimum atomic E-state index is -0.332. The minimum absolute atomic E-state index is 0.0192. The van der Waals surface area contributed by atoms with Gasteiger partial charge in [-0.05, 0) is 55.5 Å². The second-order valence-corrected chi connectivity index (χ2v) is 8.47. The number of benzene rings is 2. The van der Waals surface area contributed by atoms with Crippen molar-refractivity contribution in [1.82, 2.24) is 14.8 Å². The summed E-state index contributed by atoms with van der Waals surface area (Å²) in [7, 11) is 0. The van der Waals surface area contributed by atoms with Crippen LogP contribution in [0.25, 0.3) is 10.9 Å². The number of hydrogen-bond acceptors (Lipinski definition) is 3. The molecule has 1 aromatic heterocycles. The first-order chi connectivity index (χ1) is 14.6. The van der Waals surface area contributed by atoms with Gasteiger partial charge in [-0.3, -0.25) is 14.7 Å². The molecule has 1 atom stereocenters. The van der Waals surface area contributed by atoms with E-state index in [1.165, 1.54) is 29.7 Å². The van der Waals surface area contributed by atoms with E-state index in [4.69, 9.17) is 0 Å². The largest absolute Gasteiger partial charge is 0.336 e. The molecular formula is C25H26FN3O. The van der Waals surface area contributed by atoms with Gasteiger partial charge in [-0.2, -0.15) is 0 Å². The summed E-state index contributed by atoms with van der Waals surface area (Å²) in [5, 5.41) is 0.721. The normalized spacial score (nSPS) is 19.7. The van der Waals surface area contributed by atoms with Gasteiger partial charge >= 0.3 is 0 Å². The lowest BCUT2D eigenvalue weighted by atomic mass is 9.87. The van der Waals surface area contributed by atoms with Crippen molar-refractivity contribution in [2.75, 3.05) is 26.2 Å². The van der Waals surface area contributed by atoms with Gasteiger partial charge in [-0.1, -0.05) is 24.3 Å². The highest BCUT2D eigenvalue weighted by Crippen LogP contribution is 2.26. The van der Waals surface area contributed by atoms with E-state index in [0.29, 0.717) is 17.1 Å². The average Bonchev–Trinajstić information content (AvgIpc) is 2.77. The van der Waals surface area contributed by atoms with E-state index in [1.807, 2.05) is 17.9 Å². The summed E-state index contributed by atoms with van der Waals surface area (Å²) in [6, 6.07) is 15.6. The maximum absolute atomic E-state index is 13.6. The molecule has 1 aliphatic heterocycles. The third-order valence-corrected chi connectivity index (χ3v) is 6.57. The molecule has 0 spiro atoms. The first-order valence-electron chi connectivity index (χ1n) is 10.8. The lowest BCUT2D eigenvalue weighted by Gasteiger charge is -2.41. The molecule has 0 bridgehead atoms. The number of pyridine rings is 1. The van der Waals surface area contributed by atoms with Gasteiger partial charge in [0.25, 0.3) is 5.91 Å². The number of piperazine rings is 1. The number of fused-ring (bicyclic) bond motifs is 2. The molecule has 2 aliphatic rings. The molecule has 0 radical (unpaired) electrons. The molecule has 5 rings (SSSR count). The minimum Gasteiger partial charge on any atom is -0.336 e. The Labute approximate surface area is 176 Å². The Balaban J connectivity index is 1.29. The summed E-state index contributed by atoms with van der Waals surface area (Å²) in [5.41, 5.74) is 4.85. The van der Waals surface area contributed by atoms with E-state index in [0.717, 1.165) is 50.1 Å². The molecule has 2 aromatic carbocycles. The van der Waals surface area contributed by atoms with Crippen LogP contribution >= 0.6 is 0 Å². The highest BCUT2D eigenvalue weighted by molar-refractivity contribution is 6.06. The Bertz CT molecular complexity index is 1100. The van der Waals surface area contributed by atoms with E-state index >= 15 is 0 Å². The van der Waals surface area contributed by atoms with Crippen LogP contribution in [0.2, 0.25) is 0 Å². The van der Waals surface area contributed by atoms with Gasteiger partial charge in [0.05, 0.1) is 11.1 Å². The number of carbonyl (C=O) groups is 1. The first-order valence-corrected chi connectivity index (χ1v) is 10.8. The van der Waals surface area contributed by atoms with Crippen LogP contribution in [0.1, 0.15) is 33.6 Å². The number of hydrogen-bond donors (Lipinski definition) is 0. The molecule has 0 saturated carbocycles. The third-order valence-electron chi connectivity index (χ3n) is 6.57. The first kappa shape index (κ1) is 19.2. The van der Waals surface area contributed by atoms with Crippen LogP contribution in [0.5, 0.6) is 0 Å². The molecule has 4 nitrogen and oxygen atoms in total. The Morgan fingerprint density at radius 1 is 1.03 bits per heavy atom. The summed E-state index contributed by atoms with van der Waals surface area (Å²) in [6.07, 6.45) is 3.42. The van der Waals surface area contributed by atoms with Crippen molar-refractivity contribution in [2.45, 2.75) is 32.2 Å². The van der Waals surface area contributed by atoms with E-state index in [1.54, 1.807) is 6.07 Å². The van der Waals surface area contributed by atoms with Crippen LogP contribution in [-0.4, -0.2) is 52.9 Å². The highest BCUT2D eigenvalue weighted by Gasteiger charge is 2.29. The monoisotopic (exact) mass is 403 g/mol. The maximum Gasteiger partial charge on any atom is 0.254 e. The Kier molecular flexibility index (Phi) is 4.99. The van der Waals surface area contributed by atoms with Crippen molar-refractivity contribution in [2.24, 2.45) is 0 Å². The van der Waals surface area contributed by atoms with Gasteiger partial charge in [0, 0.05) is 49.4 Å². The summed E-state index contributed by atoms with van der Waals surface area (Å²) in [4.78, 5) is 22.2. The molecule has 1 saturated heterocycles. The quantitative estimate of drug-likeness (QED) is 0.649. The fourth-order valence-corrected chi connectivity index (χ4v) is 4.96. The number of nitrogens with zero attached hydrogens (tertiary/aromatic N) is 3. The summed E-state index contributed by atoms with van der Waals surface area (Å²) in [6.45, 7) is 5.09. The van der Waals surface area contributed by atoms with E-state index in [2.05, 4.69) is 34.1 Å². The molecule has 1 unspecified atom stereocenters. The number of halogens is 1. The lowest BCUT2D eigenvalue weighted by molar-refractivity contribution is 0.0554. The molecular weight excluding hydrogens is 377 g/mol. The van der Waals surface area contributed by atoms with E-state index < -0.39 is 0 Å². The fraction of sp³-hybridized carbons (Fsp3) is 0.360. The van der Waals surface area contributed by atoms with Gasteiger partial charge in [-0.15, -0.1) is 0 Å². The molecule has 154 valence electrons. The van der Waals surface area contributed by atoms with Crippen LogP contribution in [0, 0.1) is 12.7 Å². The second kappa shape index (κ2) is 7.80.